The first kappa shape index (κ1) is 15.9. The molecule has 0 radical (unpaired) electrons. The summed E-state index contributed by atoms with van der Waals surface area (Å²) in [5.74, 6) is 1.16. The molecule has 0 spiro atoms. The lowest BCUT2D eigenvalue weighted by Crippen LogP contribution is -2.48. The Morgan fingerprint density at radius 1 is 1.26 bits per heavy atom. The molecule has 1 atom stereocenters. The number of hydrogen-bond acceptors (Lipinski definition) is 5. The van der Waals surface area contributed by atoms with Crippen molar-refractivity contribution in [1.29, 1.82) is 0 Å². The van der Waals surface area contributed by atoms with Gasteiger partial charge in [0, 0.05) is 25.6 Å². The minimum atomic E-state index is -0.328. The quantitative estimate of drug-likeness (QED) is 0.792. The molecule has 23 heavy (non-hydrogen) atoms. The van der Waals surface area contributed by atoms with E-state index in [1.54, 1.807) is 0 Å². The summed E-state index contributed by atoms with van der Waals surface area (Å²) < 4.78 is 0. The highest BCUT2D eigenvalue weighted by Crippen LogP contribution is 2.27. The number of piperidine rings is 2. The van der Waals surface area contributed by atoms with Gasteiger partial charge in [-0.25, -0.2) is 4.98 Å². The third kappa shape index (κ3) is 3.87. The molecule has 3 N–H and O–H groups in total. The van der Waals surface area contributed by atoms with E-state index < -0.39 is 0 Å². The van der Waals surface area contributed by atoms with E-state index in [1.165, 1.54) is 6.33 Å². The topological polar surface area (TPSA) is 108 Å². The van der Waals surface area contributed by atoms with Crippen LogP contribution in [0.3, 0.4) is 0 Å². The molecular formula is C15H24N6O2. The molecule has 8 nitrogen and oxygen atoms in total. The van der Waals surface area contributed by atoms with Gasteiger partial charge in [-0.3, -0.25) is 19.6 Å². The molecule has 0 unspecified atom stereocenters. The van der Waals surface area contributed by atoms with E-state index in [1.807, 2.05) is 9.80 Å². The standard InChI is InChI=1S/C15H24N6O2/c16-13(22)9-20-5-1-2-12(8-20)15(23)21-6-3-11(4-7-21)14-17-10-18-19-14/h10-12H,1-9H2,(H2,16,22)(H,17,18,19)/t12-/m0/s1. The Bertz CT molecular complexity index is 538. The fourth-order valence-corrected chi connectivity index (χ4v) is 3.66. The molecule has 3 rings (SSSR count). The lowest BCUT2D eigenvalue weighted by atomic mass is 9.92. The number of carbonyl (C=O) groups is 2. The Morgan fingerprint density at radius 2 is 2.04 bits per heavy atom. The van der Waals surface area contributed by atoms with E-state index in [-0.39, 0.29) is 24.3 Å². The third-order valence-electron chi connectivity index (χ3n) is 4.86. The number of nitrogens with zero attached hydrogens (tertiary/aromatic N) is 4. The first-order chi connectivity index (χ1) is 11.1. The molecule has 2 aliphatic rings. The largest absolute Gasteiger partial charge is 0.369 e. The molecule has 1 aromatic rings. The van der Waals surface area contributed by atoms with Crippen LogP contribution < -0.4 is 5.73 Å². The first-order valence-corrected chi connectivity index (χ1v) is 8.28. The Labute approximate surface area is 135 Å². The zero-order valence-electron chi connectivity index (χ0n) is 13.3. The van der Waals surface area contributed by atoms with Crippen LogP contribution >= 0.6 is 0 Å². The van der Waals surface area contributed by atoms with E-state index >= 15 is 0 Å². The van der Waals surface area contributed by atoms with E-state index in [0.29, 0.717) is 12.5 Å². The van der Waals surface area contributed by atoms with Crippen LogP contribution in [0.1, 0.15) is 37.4 Å². The van der Waals surface area contributed by atoms with Crippen LogP contribution in [0, 0.1) is 5.92 Å². The summed E-state index contributed by atoms with van der Waals surface area (Å²) in [6, 6.07) is 0. The normalized spacial score (nSPS) is 23.8. The average molecular weight is 320 g/mol. The van der Waals surface area contributed by atoms with Gasteiger partial charge in [0.15, 0.2) is 0 Å². The van der Waals surface area contributed by atoms with Crippen LogP contribution in [-0.4, -0.2) is 69.5 Å². The van der Waals surface area contributed by atoms with Gasteiger partial charge in [-0.05, 0) is 32.2 Å². The fourth-order valence-electron chi connectivity index (χ4n) is 3.66. The van der Waals surface area contributed by atoms with Gasteiger partial charge in [0.25, 0.3) is 0 Å². The molecular weight excluding hydrogens is 296 g/mol. The second-order valence-corrected chi connectivity index (χ2v) is 6.51. The maximum absolute atomic E-state index is 12.7. The van der Waals surface area contributed by atoms with E-state index in [2.05, 4.69) is 15.2 Å². The van der Waals surface area contributed by atoms with Crippen LogP contribution in [0.5, 0.6) is 0 Å². The molecule has 2 amide bonds. The van der Waals surface area contributed by atoms with E-state index in [9.17, 15) is 9.59 Å². The van der Waals surface area contributed by atoms with E-state index in [4.69, 9.17) is 5.73 Å². The lowest BCUT2D eigenvalue weighted by molar-refractivity contribution is -0.139. The van der Waals surface area contributed by atoms with Crippen molar-refractivity contribution in [2.45, 2.75) is 31.6 Å². The molecule has 2 saturated heterocycles. The number of amides is 2. The number of aromatic amines is 1. The summed E-state index contributed by atoms with van der Waals surface area (Å²) in [5.41, 5.74) is 5.26. The number of nitrogens with one attached hydrogen (secondary N) is 1. The van der Waals surface area contributed by atoms with E-state index in [0.717, 1.165) is 51.1 Å². The van der Waals surface area contributed by atoms with Crippen LogP contribution in [0.15, 0.2) is 6.33 Å². The second-order valence-electron chi connectivity index (χ2n) is 6.51. The van der Waals surface area contributed by atoms with Crippen molar-refractivity contribution in [2.75, 3.05) is 32.7 Å². The molecule has 0 aromatic carbocycles. The van der Waals surface area contributed by atoms with Gasteiger partial charge in [0.2, 0.25) is 11.8 Å². The number of nitrogens with two attached hydrogens (primary N) is 1. The molecule has 8 heteroatoms. The predicted octanol–water partition coefficient (Wildman–Crippen LogP) is -0.292. The summed E-state index contributed by atoms with van der Waals surface area (Å²) in [4.78, 5) is 32.0. The maximum atomic E-state index is 12.7. The molecule has 0 bridgehead atoms. The average Bonchev–Trinajstić information content (AvgIpc) is 3.08. The number of aromatic nitrogens is 3. The van der Waals surface area contributed by atoms with Crippen molar-refractivity contribution in [1.82, 2.24) is 25.0 Å². The Morgan fingerprint density at radius 3 is 2.70 bits per heavy atom. The first-order valence-electron chi connectivity index (χ1n) is 8.28. The Balaban J connectivity index is 1.51. The highest BCUT2D eigenvalue weighted by Gasteiger charge is 2.32. The van der Waals surface area contributed by atoms with Crippen LogP contribution in [0.25, 0.3) is 0 Å². The van der Waals surface area contributed by atoms with Gasteiger partial charge in [-0.1, -0.05) is 0 Å². The second kappa shape index (κ2) is 7.08. The van der Waals surface area contributed by atoms with Gasteiger partial charge < -0.3 is 10.6 Å². The minimum absolute atomic E-state index is 0.00932. The predicted molar refractivity (Wildman–Crippen MR) is 83.3 cm³/mol. The SMILES string of the molecule is NC(=O)CN1CCC[C@H](C(=O)N2CCC(c3ncn[nH]3)CC2)C1. The molecule has 0 aliphatic carbocycles. The monoisotopic (exact) mass is 320 g/mol. The number of carbonyl (C=O) groups excluding carboxylic acids is 2. The zero-order chi connectivity index (χ0) is 16.2. The number of hydrogen-bond donors (Lipinski definition) is 2. The minimum Gasteiger partial charge on any atom is -0.369 e. The smallest absolute Gasteiger partial charge is 0.231 e. The third-order valence-corrected chi connectivity index (χ3v) is 4.86. The van der Waals surface area contributed by atoms with Gasteiger partial charge >= 0.3 is 0 Å². The van der Waals surface area contributed by atoms with Crippen molar-refractivity contribution in [2.24, 2.45) is 11.7 Å². The molecule has 1 aromatic heterocycles. The summed E-state index contributed by atoms with van der Waals surface area (Å²) >= 11 is 0. The number of H-pyrrole nitrogens is 1. The Kier molecular flexibility index (Phi) is 4.90. The van der Waals surface area contributed by atoms with Gasteiger partial charge in [-0.2, -0.15) is 5.10 Å². The summed E-state index contributed by atoms with van der Waals surface area (Å²) in [6.07, 6.45) is 5.20. The van der Waals surface area contributed by atoms with Gasteiger partial charge in [-0.15, -0.1) is 0 Å². The van der Waals surface area contributed by atoms with Crippen molar-refractivity contribution in [3.05, 3.63) is 12.2 Å². The molecule has 2 fully saturated rings. The number of rotatable bonds is 4. The summed E-state index contributed by atoms with van der Waals surface area (Å²) in [5, 5.41) is 6.82. The van der Waals surface area contributed by atoms with Crippen molar-refractivity contribution >= 4 is 11.8 Å². The van der Waals surface area contributed by atoms with Crippen molar-refractivity contribution in [3.8, 4) is 0 Å². The summed E-state index contributed by atoms with van der Waals surface area (Å²) in [6.45, 7) is 3.26. The summed E-state index contributed by atoms with van der Waals surface area (Å²) in [7, 11) is 0. The molecule has 126 valence electrons. The van der Waals surface area contributed by atoms with Crippen molar-refractivity contribution in [3.63, 3.8) is 0 Å². The van der Waals surface area contributed by atoms with Crippen LogP contribution in [0.2, 0.25) is 0 Å². The Hall–Kier alpha value is -1.96. The van der Waals surface area contributed by atoms with Gasteiger partial charge in [0.1, 0.15) is 12.2 Å². The highest BCUT2D eigenvalue weighted by molar-refractivity contribution is 5.80. The lowest BCUT2D eigenvalue weighted by Gasteiger charge is -2.37. The van der Waals surface area contributed by atoms with Crippen LogP contribution in [-0.2, 0) is 9.59 Å². The molecule has 3 heterocycles. The van der Waals surface area contributed by atoms with Crippen LogP contribution in [0.4, 0.5) is 0 Å². The number of likely N-dealkylation sites (tertiary alicyclic amines) is 2. The molecule has 2 aliphatic heterocycles. The molecule has 0 saturated carbocycles. The van der Waals surface area contributed by atoms with Gasteiger partial charge in [0.05, 0.1) is 12.5 Å². The number of primary amides is 1. The highest BCUT2D eigenvalue weighted by atomic mass is 16.2. The zero-order valence-corrected chi connectivity index (χ0v) is 13.3. The van der Waals surface area contributed by atoms with Crippen molar-refractivity contribution < 1.29 is 9.59 Å². The maximum Gasteiger partial charge on any atom is 0.231 e. The fraction of sp³-hybridized carbons (Fsp3) is 0.733.